The Balaban J connectivity index is 2.06. The van der Waals surface area contributed by atoms with Gasteiger partial charge in [0.15, 0.2) is 5.75 Å². The molecule has 4 nitrogen and oxygen atoms in total. The van der Waals surface area contributed by atoms with Crippen LogP contribution < -0.4 is 0 Å². The van der Waals surface area contributed by atoms with Crippen LogP contribution in [0.2, 0.25) is 10.0 Å². The van der Waals surface area contributed by atoms with Crippen molar-refractivity contribution in [2.45, 2.75) is 6.92 Å². The molecule has 3 aromatic rings. The van der Waals surface area contributed by atoms with Gasteiger partial charge in [0, 0.05) is 16.3 Å². The maximum Gasteiger partial charge on any atom is 0.341 e. The van der Waals surface area contributed by atoms with Crippen LogP contribution in [0.4, 0.5) is 5.00 Å². The Bertz CT molecular complexity index is 959. The molecule has 0 radical (unpaired) electrons. The molecule has 3 rings (SSSR count). The first-order valence-electron chi connectivity index (χ1n) is 7.42. The van der Waals surface area contributed by atoms with Crippen LogP contribution in [0.15, 0.2) is 41.4 Å². The molecule has 0 fully saturated rings. The van der Waals surface area contributed by atoms with Gasteiger partial charge in [0.05, 0.1) is 16.7 Å². The molecule has 2 aromatic carbocycles. The minimum atomic E-state index is -0.408. The van der Waals surface area contributed by atoms with Crippen molar-refractivity contribution in [3.05, 3.63) is 57.6 Å². The van der Waals surface area contributed by atoms with Gasteiger partial charge in [-0.2, -0.15) is 0 Å². The van der Waals surface area contributed by atoms with Crippen molar-refractivity contribution in [3.63, 3.8) is 0 Å². The zero-order chi connectivity index (χ0) is 18.0. The van der Waals surface area contributed by atoms with Crippen molar-refractivity contribution >= 4 is 61.8 Å². The van der Waals surface area contributed by atoms with Crippen LogP contribution in [-0.2, 0) is 4.74 Å². The molecule has 0 spiro atoms. The molecule has 1 aromatic heterocycles. The Labute approximate surface area is 158 Å². The fraction of sp³-hybridized carbons (Fsp3) is 0.111. The van der Waals surface area contributed by atoms with E-state index in [1.807, 2.05) is 24.3 Å². The van der Waals surface area contributed by atoms with Crippen LogP contribution in [0.5, 0.6) is 5.75 Å². The van der Waals surface area contributed by atoms with Crippen LogP contribution in [0.1, 0.15) is 22.8 Å². The second-order valence-corrected chi connectivity index (χ2v) is 6.94. The number of thiophene rings is 1. The third-order valence-corrected chi connectivity index (χ3v) is 5.08. The summed E-state index contributed by atoms with van der Waals surface area (Å²) in [5.74, 6) is -0.580. The van der Waals surface area contributed by atoms with Crippen LogP contribution in [0, 0.1) is 0 Å². The quantitative estimate of drug-likeness (QED) is 0.447. The third kappa shape index (κ3) is 3.63. The number of carbonyl (C=O) groups excluding carboxylic acids is 1. The van der Waals surface area contributed by atoms with Crippen molar-refractivity contribution in [2.75, 3.05) is 6.61 Å². The highest BCUT2D eigenvalue weighted by Gasteiger charge is 2.19. The van der Waals surface area contributed by atoms with E-state index in [9.17, 15) is 9.90 Å². The van der Waals surface area contributed by atoms with Gasteiger partial charge in [0.1, 0.15) is 10.6 Å². The predicted molar refractivity (Wildman–Crippen MR) is 103 cm³/mol. The number of nitrogens with zero attached hydrogens (tertiary/aromatic N) is 1. The van der Waals surface area contributed by atoms with Gasteiger partial charge in [-0.3, -0.25) is 0 Å². The lowest BCUT2D eigenvalue weighted by molar-refractivity contribution is 0.0530. The van der Waals surface area contributed by atoms with Gasteiger partial charge in [-0.05, 0) is 30.7 Å². The first-order chi connectivity index (χ1) is 12.0. The monoisotopic (exact) mass is 393 g/mol. The molecule has 0 aliphatic heterocycles. The fourth-order valence-corrected chi connectivity index (χ4v) is 3.86. The molecule has 0 atom stereocenters. The molecule has 0 saturated heterocycles. The molecule has 0 saturated carbocycles. The first-order valence-corrected chi connectivity index (χ1v) is 8.99. The maximum absolute atomic E-state index is 12.3. The third-order valence-electron chi connectivity index (χ3n) is 3.43. The number of fused-ring (bicyclic) bond motifs is 1. The smallest absolute Gasteiger partial charge is 0.341 e. The van der Waals surface area contributed by atoms with Gasteiger partial charge < -0.3 is 9.84 Å². The molecule has 1 heterocycles. The highest BCUT2D eigenvalue weighted by atomic mass is 35.5. The maximum atomic E-state index is 12.3. The van der Waals surface area contributed by atoms with Crippen molar-refractivity contribution in [2.24, 2.45) is 4.99 Å². The van der Waals surface area contributed by atoms with Gasteiger partial charge in [-0.1, -0.05) is 41.4 Å². The van der Waals surface area contributed by atoms with Gasteiger partial charge in [-0.15, -0.1) is 11.3 Å². The molecule has 0 amide bonds. The molecule has 0 aliphatic rings. The average Bonchev–Trinajstić information content (AvgIpc) is 2.96. The number of hydrogen-bond acceptors (Lipinski definition) is 5. The molecular formula is C18H13Cl2NO3S. The topological polar surface area (TPSA) is 58.9 Å². The van der Waals surface area contributed by atoms with Crippen LogP contribution in [0.25, 0.3) is 10.1 Å². The first kappa shape index (κ1) is 17.7. The Hall–Kier alpha value is -2.08. The summed E-state index contributed by atoms with van der Waals surface area (Å²) in [5, 5.41) is 11.2. The Morgan fingerprint density at radius 1 is 1.28 bits per heavy atom. The largest absolute Gasteiger partial charge is 0.505 e. The van der Waals surface area contributed by atoms with Crippen molar-refractivity contribution in [1.29, 1.82) is 0 Å². The summed E-state index contributed by atoms with van der Waals surface area (Å²) >= 11 is 13.2. The lowest BCUT2D eigenvalue weighted by Gasteiger charge is -2.03. The van der Waals surface area contributed by atoms with Crippen molar-refractivity contribution in [1.82, 2.24) is 0 Å². The molecule has 0 unspecified atom stereocenters. The van der Waals surface area contributed by atoms with Crippen molar-refractivity contribution in [3.8, 4) is 5.75 Å². The van der Waals surface area contributed by atoms with E-state index in [4.69, 9.17) is 27.9 Å². The van der Waals surface area contributed by atoms with E-state index >= 15 is 0 Å². The lowest BCUT2D eigenvalue weighted by Crippen LogP contribution is -2.03. The Morgan fingerprint density at radius 3 is 2.64 bits per heavy atom. The van der Waals surface area contributed by atoms with E-state index in [1.54, 1.807) is 25.3 Å². The van der Waals surface area contributed by atoms with E-state index in [0.717, 1.165) is 10.1 Å². The van der Waals surface area contributed by atoms with E-state index in [0.29, 0.717) is 16.1 Å². The van der Waals surface area contributed by atoms with E-state index in [1.165, 1.54) is 11.3 Å². The minimum Gasteiger partial charge on any atom is -0.505 e. The number of aromatic hydroxyl groups is 1. The summed E-state index contributed by atoms with van der Waals surface area (Å²) in [6, 6.07) is 10.7. The highest BCUT2D eigenvalue weighted by Crippen LogP contribution is 2.38. The number of esters is 1. The SMILES string of the molecule is CCOC(=O)c1c(N=Cc2cc(Cl)c(O)c(Cl)c2)sc2ccccc12. The van der Waals surface area contributed by atoms with E-state index in [2.05, 4.69) is 4.99 Å². The zero-order valence-corrected chi connectivity index (χ0v) is 15.5. The van der Waals surface area contributed by atoms with E-state index in [-0.39, 0.29) is 22.4 Å². The number of benzene rings is 2. The Morgan fingerprint density at radius 2 is 1.96 bits per heavy atom. The minimum absolute atomic E-state index is 0.135. The standard InChI is InChI=1S/C18H13Cl2NO3S/c1-2-24-18(23)15-11-5-3-4-6-14(11)25-17(15)21-9-10-7-12(19)16(22)13(20)8-10/h3-9,22H,2H2,1H3. The summed E-state index contributed by atoms with van der Waals surface area (Å²) < 4.78 is 6.10. The van der Waals surface area contributed by atoms with Gasteiger partial charge in [0.25, 0.3) is 0 Å². The molecule has 25 heavy (non-hydrogen) atoms. The van der Waals surface area contributed by atoms with E-state index < -0.39 is 5.97 Å². The molecular weight excluding hydrogens is 381 g/mol. The summed E-state index contributed by atoms with van der Waals surface area (Å²) in [5.41, 5.74) is 1.05. The fourth-order valence-electron chi connectivity index (χ4n) is 2.32. The number of phenolic OH excluding ortho intramolecular Hbond substituents is 1. The normalized spacial score (nSPS) is 11.3. The zero-order valence-electron chi connectivity index (χ0n) is 13.1. The number of ether oxygens (including phenoxy) is 1. The predicted octanol–water partition coefficient (Wildman–Crippen LogP) is 5.84. The molecule has 7 heteroatoms. The number of carbonyl (C=O) groups is 1. The number of halogens is 2. The summed E-state index contributed by atoms with van der Waals surface area (Å²) in [6.45, 7) is 2.05. The van der Waals surface area contributed by atoms with Crippen LogP contribution in [-0.4, -0.2) is 23.9 Å². The Kier molecular flexibility index (Phi) is 5.27. The molecule has 0 aliphatic carbocycles. The lowest BCUT2D eigenvalue weighted by atomic mass is 10.1. The average molecular weight is 394 g/mol. The summed E-state index contributed by atoms with van der Waals surface area (Å²) in [7, 11) is 0. The highest BCUT2D eigenvalue weighted by molar-refractivity contribution is 7.23. The second-order valence-electron chi connectivity index (χ2n) is 5.09. The van der Waals surface area contributed by atoms with Crippen LogP contribution >= 0.6 is 34.5 Å². The second kappa shape index (κ2) is 7.44. The number of hydrogen-bond donors (Lipinski definition) is 1. The summed E-state index contributed by atoms with van der Waals surface area (Å²) in [6.07, 6.45) is 1.55. The number of rotatable bonds is 4. The van der Waals surface area contributed by atoms with Gasteiger partial charge in [0.2, 0.25) is 0 Å². The van der Waals surface area contributed by atoms with Crippen LogP contribution in [0.3, 0.4) is 0 Å². The van der Waals surface area contributed by atoms with Gasteiger partial charge >= 0.3 is 5.97 Å². The molecule has 128 valence electrons. The summed E-state index contributed by atoms with van der Waals surface area (Å²) in [4.78, 5) is 16.8. The number of phenols is 1. The molecule has 1 N–H and O–H groups in total. The number of aliphatic imine (C=N–C) groups is 1. The van der Waals surface area contributed by atoms with Crippen molar-refractivity contribution < 1.29 is 14.6 Å². The van der Waals surface area contributed by atoms with Gasteiger partial charge in [-0.25, -0.2) is 9.79 Å². The molecule has 0 bridgehead atoms.